The van der Waals surface area contributed by atoms with Crippen LogP contribution in [0.5, 0.6) is 0 Å². The number of hydrogen-bond donors (Lipinski definition) is 3. The summed E-state index contributed by atoms with van der Waals surface area (Å²) in [5, 5.41) is 13.2. The van der Waals surface area contributed by atoms with E-state index in [1.165, 1.54) is 7.11 Å². The van der Waals surface area contributed by atoms with Crippen LogP contribution in [-0.2, 0) is 76.3 Å². The molecular formula is C36H60N2O19. The number of amides is 2. The van der Waals surface area contributed by atoms with Crippen LogP contribution in [0.3, 0.4) is 0 Å². The molecule has 2 amide bonds. The second kappa shape index (κ2) is 29.5. The average Bonchev–Trinajstić information content (AvgIpc) is 3.09. The van der Waals surface area contributed by atoms with Gasteiger partial charge in [-0.25, -0.2) is 14.5 Å². The average molecular weight is 825 g/mol. The molecule has 0 aliphatic rings. The summed E-state index contributed by atoms with van der Waals surface area (Å²) < 4.78 is 45.8. The van der Waals surface area contributed by atoms with Gasteiger partial charge in [-0.05, 0) is 60.8 Å². The molecular weight excluding hydrogens is 764 g/mol. The lowest BCUT2D eigenvalue weighted by Crippen LogP contribution is -2.44. The number of ether oxygens (including phenoxy) is 9. The summed E-state index contributed by atoms with van der Waals surface area (Å²) in [6.45, 7) is 8.24. The minimum atomic E-state index is -1.01. The second-order valence-corrected chi connectivity index (χ2v) is 14.2. The van der Waals surface area contributed by atoms with Gasteiger partial charge < -0.3 is 53.3 Å². The molecule has 0 bridgehead atoms. The Labute approximate surface area is 332 Å². The summed E-state index contributed by atoms with van der Waals surface area (Å²) in [5.41, 5.74) is -1.70. The van der Waals surface area contributed by atoms with Crippen LogP contribution in [0.2, 0.25) is 0 Å². The summed E-state index contributed by atoms with van der Waals surface area (Å²) in [7, 11) is 1.46. The van der Waals surface area contributed by atoms with Crippen molar-refractivity contribution in [3.05, 3.63) is 0 Å². The molecule has 0 aromatic carbocycles. The second-order valence-electron chi connectivity index (χ2n) is 14.2. The highest BCUT2D eigenvalue weighted by molar-refractivity contribution is 5.74. The Morgan fingerprint density at radius 3 is 1.00 bits per heavy atom. The molecule has 0 spiro atoms. The maximum absolute atomic E-state index is 12.5. The molecule has 0 aromatic heterocycles. The van der Waals surface area contributed by atoms with Crippen molar-refractivity contribution in [3.8, 4) is 0 Å². The smallest absolute Gasteiger partial charge is 0.408 e. The lowest BCUT2D eigenvalue weighted by Gasteiger charge is -2.23. The predicted molar refractivity (Wildman–Crippen MR) is 194 cm³/mol. The van der Waals surface area contributed by atoms with Gasteiger partial charge in [0.1, 0.15) is 69.5 Å². The van der Waals surface area contributed by atoms with Crippen LogP contribution in [0.1, 0.15) is 99.3 Å². The molecule has 0 aromatic rings. The van der Waals surface area contributed by atoms with Crippen molar-refractivity contribution in [2.75, 3.05) is 60.0 Å². The number of carbonyl (C=O) groups excluding carboxylic acids is 8. The van der Waals surface area contributed by atoms with Crippen molar-refractivity contribution in [1.29, 1.82) is 0 Å². The van der Waals surface area contributed by atoms with Crippen molar-refractivity contribution in [2.45, 2.75) is 123 Å². The van der Waals surface area contributed by atoms with Gasteiger partial charge in [0.05, 0.1) is 6.61 Å². The SMILES string of the molecule is COCCOC(=O)CCCC(=O)OCC(COC(=O)CCCC(=O)OCC(COC(=O)CCCC(=O)OCCOO)NC(=O)OC(C)(C)C)NC(=O)OC(C)(C)C. The van der Waals surface area contributed by atoms with Gasteiger partial charge in [-0.1, -0.05) is 0 Å². The first-order chi connectivity index (χ1) is 26.7. The van der Waals surface area contributed by atoms with Crippen molar-refractivity contribution in [3.63, 3.8) is 0 Å². The van der Waals surface area contributed by atoms with E-state index in [1.807, 2.05) is 0 Å². The van der Waals surface area contributed by atoms with E-state index in [2.05, 4.69) is 15.5 Å². The molecule has 0 aliphatic carbocycles. The normalized spacial score (nSPS) is 12.2. The lowest BCUT2D eigenvalue weighted by molar-refractivity contribution is -0.248. The molecule has 2 atom stereocenters. The Morgan fingerprint density at radius 2 is 0.737 bits per heavy atom. The Hall–Kier alpha value is -4.76. The zero-order valence-electron chi connectivity index (χ0n) is 34.0. The molecule has 0 heterocycles. The molecule has 3 N–H and O–H groups in total. The van der Waals surface area contributed by atoms with Crippen molar-refractivity contribution in [2.24, 2.45) is 0 Å². The molecule has 57 heavy (non-hydrogen) atoms. The molecule has 0 aliphatic heterocycles. The Morgan fingerprint density at radius 1 is 0.456 bits per heavy atom. The topological polar surface area (TPSA) is 273 Å². The first-order valence-electron chi connectivity index (χ1n) is 18.4. The summed E-state index contributed by atoms with van der Waals surface area (Å²) in [5.74, 6) is -3.94. The van der Waals surface area contributed by atoms with E-state index < -0.39 is 91.1 Å². The molecule has 0 fully saturated rings. The van der Waals surface area contributed by atoms with E-state index in [9.17, 15) is 38.4 Å². The number of alkyl carbamates (subject to hydrolysis) is 2. The summed E-state index contributed by atoms with van der Waals surface area (Å²) in [6.07, 6.45) is -2.28. The number of methoxy groups -OCH3 is 1. The zero-order valence-corrected chi connectivity index (χ0v) is 34.0. The molecule has 21 heteroatoms. The van der Waals surface area contributed by atoms with Gasteiger partial charge in [0.15, 0.2) is 0 Å². The first-order valence-corrected chi connectivity index (χ1v) is 18.4. The molecule has 0 saturated heterocycles. The Bertz CT molecular complexity index is 1170. The van der Waals surface area contributed by atoms with Crippen LogP contribution in [0.25, 0.3) is 0 Å². The maximum Gasteiger partial charge on any atom is 0.408 e. The van der Waals surface area contributed by atoms with Gasteiger partial charge in [-0.3, -0.25) is 34.0 Å². The number of nitrogens with one attached hydrogen (secondary N) is 2. The third-order valence-electron chi connectivity index (χ3n) is 6.50. The third-order valence-corrected chi connectivity index (χ3v) is 6.50. The minimum absolute atomic E-state index is 0.000672. The van der Waals surface area contributed by atoms with Crippen LogP contribution in [0.4, 0.5) is 9.59 Å². The van der Waals surface area contributed by atoms with Crippen LogP contribution < -0.4 is 10.6 Å². The van der Waals surface area contributed by atoms with Gasteiger partial charge in [-0.2, -0.15) is 0 Å². The lowest BCUT2D eigenvalue weighted by atomic mass is 10.2. The molecule has 2 unspecified atom stereocenters. The standard InChI is InChI=1S/C36H60N2O19/c1-35(2,3)56-33(45)37-25(21-51-29(41)13-8-11-27(39)49-18-17-48-7)23-53-31(43)15-10-16-32(44)54-24-26(38-34(46)57-36(4,5)6)22-52-30(42)14-9-12-28(40)50-19-20-55-47/h25-26,47H,8-24H2,1-7H3,(H,37,45)(H,38,46). The highest BCUT2D eigenvalue weighted by Gasteiger charge is 2.24. The summed E-state index contributed by atoms with van der Waals surface area (Å²) in [4.78, 5) is 101. The monoisotopic (exact) mass is 824 g/mol. The van der Waals surface area contributed by atoms with E-state index in [4.69, 9.17) is 47.9 Å². The fraction of sp³-hybridized carbons (Fsp3) is 0.778. The summed E-state index contributed by atoms with van der Waals surface area (Å²) >= 11 is 0. The predicted octanol–water partition coefficient (Wildman–Crippen LogP) is 2.68. The maximum atomic E-state index is 12.5. The van der Waals surface area contributed by atoms with Gasteiger partial charge in [0.25, 0.3) is 0 Å². The highest BCUT2D eigenvalue weighted by Crippen LogP contribution is 2.10. The van der Waals surface area contributed by atoms with Gasteiger partial charge >= 0.3 is 48.0 Å². The number of hydrogen-bond acceptors (Lipinski definition) is 19. The van der Waals surface area contributed by atoms with Crippen molar-refractivity contribution >= 4 is 48.0 Å². The van der Waals surface area contributed by atoms with Gasteiger partial charge in [0.2, 0.25) is 0 Å². The van der Waals surface area contributed by atoms with E-state index >= 15 is 0 Å². The molecule has 328 valence electrons. The molecule has 0 radical (unpaired) electrons. The minimum Gasteiger partial charge on any atom is -0.463 e. The van der Waals surface area contributed by atoms with Crippen molar-refractivity contribution in [1.82, 2.24) is 10.6 Å². The van der Waals surface area contributed by atoms with Crippen LogP contribution in [-0.4, -0.2) is 137 Å². The fourth-order valence-electron chi connectivity index (χ4n) is 3.98. The van der Waals surface area contributed by atoms with E-state index in [1.54, 1.807) is 41.5 Å². The zero-order chi connectivity index (χ0) is 43.3. The number of carbonyl (C=O) groups is 8. The van der Waals surface area contributed by atoms with Crippen LogP contribution in [0, 0.1) is 0 Å². The van der Waals surface area contributed by atoms with Gasteiger partial charge in [0, 0.05) is 45.6 Å². The van der Waals surface area contributed by atoms with E-state index in [-0.39, 0.29) is 90.8 Å². The largest absolute Gasteiger partial charge is 0.463 e. The van der Waals surface area contributed by atoms with Crippen molar-refractivity contribution < 1.29 is 91.1 Å². The first kappa shape index (κ1) is 52.2. The molecule has 0 rings (SSSR count). The fourth-order valence-corrected chi connectivity index (χ4v) is 3.98. The van der Waals surface area contributed by atoms with E-state index in [0.29, 0.717) is 0 Å². The Balaban J connectivity index is 4.94. The number of esters is 6. The van der Waals surface area contributed by atoms with Crippen LogP contribution in [0.15, 0.2) is 0 Å². The number of rotatable bonds is 28. The summed E-state index contributed by atoms with van der Waals surface area (Å²) in [6, 6.07) is -2.00. The molecule has 0 saturated carbocycles. The quantitative estimate of drug-likeness (QED) is 0.0336. The Kier molecular flexibility index (Phi) is 27.0. The van der Waals surface area contributed by atoms with Gasteiger partial charge in [-0.15, -0.1) is 0 Å². The van der Waals surface area contributed by atoms with E-state index in [0.717, 1.165) is 0 Å². The highest BCUT2D eigenvalue weighted by atomic mass is 17.1. The third kappa shape index (κ3) is 33.1. The van der Waals surface area contributed by atoms with Crippen LogP contribution >= 0.6 is 0 Å². The molecule has 21 nitrogen and oxygen atoms in total.